The van der Waals surface area contributed by atoms with Crippen LogP contribution in [0.2, 0.25) is 0 Å². The van der Waals surface area contributed by atoms with Gasteiger partial charge < -0.3 is 10.2 Å². The highest BCUT2D eigenvalue weighted by atomic mass is 32.1. The highest BCUT2D eigenvalue weighted by Gasteiger charge is 2.27. The molecular weight excluding hydrogens is 298 g/mol. The van der Waals surface area contributed by atoms with Gasteiger partial charge in [-0.15, -0.1) is 0 Å². The monoisotopic (exact) mass is 317 g/mol. The Morgan fingerprint density at radius 3 is 3.09 bits per heavy atom. The number of carbonyl (C=O) groups excluding carboxylic acids is 1. The maximum absolute atomic E-state index is 12.8. The molecule has 0 radical (unpaired) electrons. The molecule has 0 saturated carbocycles. The maximum Gasteiger partial charge on any atom is 0.275 e. The third-order valence-electron chi connectivity index (χ3n) is 3.89. The van der Waals surface area contributed by atoms with E-state index in [9.17, 15) is 4.79 Å². The van der Waals surface area contributed by atoms with Gasteiger partial charge in [-0.1, -0.05) is 6.07 Å². The average Bonchev–Trinajstić information content (AvgIpc) is 2.96. The summed E-state index contributed by atoms with van der Waals surface area (Å²) < 4.78 is 8.05. The summed E-state index contributed by atoms with van der Waals surface area (Å²) in [7, 11) is 0. The van der Waals surface area contributed by atoms with E-state index in [-0.39, 0.29) is 11.9 Å². The predicted octanol–water partition coefficient (Wildman–Crippen LogP) is 1.72. The molecule has 3 heterocycles. The first-order valence-corrected chi connectivity index (χ1v) is 8.27. The number of pyridine rings is 1. The van der Waals surface area contributed by atoms with E-state index in [0.29, 0.717) is 12.2 Å². The molecule has 2 aromatic rings. The first-order chi connectivity index (χ1) is 10.8. The van der Waals surface area contributed by atoms with Gasteiger partial charge in [0.1, 0.15) is 0 Å². The predicted molar refractivity (Wildman–Crippen MR) is 84.5 cm³/mol. The lowest BCUT2D eigenvalue weighted by molar-refractivity contribution is 0.0637. The molecular formula is C15H19N5OS. The van der Waals surface area contributed by atoms with Gasteiger partial charge >= 0.3 is 0 Å². The third kappa shape index (κ3) is 3.66. The number of amides is 1. The zero-order valence-electron chi connectivity index (χ0n) is 12.3. The topological polar surface area (TPSA) is 71.0 Å². The number of hydrogen-bond acceptors (Lipinski definition) is 6. The van der Waals surface area contributed by atoms with Gasteiger partial charge in [-0.25, -0.2) is 0 Å². The molecule has 0 unspecified atom stereocenters. The van der Waals surface area contributed by atoms with Crippen LogP contribution < -0.4 is 5.32 Å². The number of hydrogen-bond donors (Lipinski definition) is 1. The number of aromatic nitrogens is 3. The molecule has 1 amide bonds. The lowest BCUT2D eigenvalue weighted by Gasteiger charge is -2.30. The number of nitrogens with zero attached hydrogens (tertiary/aromatic N) is 4. The molecule has 7 heteroatoms. The highest BCUT2D eigenvalue weighted by molar-refractivity contribution is 6.99. The molecule has 0 bridgehead atoms. The van der Waals surface area contributed by atoms with E-state index in [0.717, 1.165) is 49.8 Å². The van der Waals surface area contributed by atoms with Crippen LogP contribution in [0.3, 0.4) is 0 Å². The smallest absolute Gasteiger partial charge is 0.275 e. The Hall–Kier alpha value is -1.86. The van der Waals surface area contributed by atoms with Crippen molar-refractivity contribution in [1.82, 2.24) is 23.9 Å². The van der Waals surface area contributed by atoms with Crippen molar-refractivity contribution in [2.45, 2.75) is 31.8 Å². The molecule has 1 aliphatic heterocycles. The van der Waals surface area contributed by atoms with E-state index in [1.807, 2.05) is 23.1 Å². The summed E-state index contributed by atoms with van der Waals surface area (Å²) in [4.78, 5) is 19.1. The molecule has 3 rings (SSSR count). The SMILES string of the molecule is O=C(c1cnsn1)N(Cc1ccccn1)[C@H]1CCCNCC1. The second-order valence-electron chi connectivity index (χ2n) is 5.38. The van der Waals surface area contributed by atoms with Gasteiger partial charge in [0.05, 0.1) is 30.2 Å². The molecule has 1 saturated heterocycles. The summed E-state index contributed by atoms with van der Waals surface area (Å²) in [6, 6.07) is 6.00. The van der Waals surface area contributed by atoms with E-state index in [1.165, 1.54) is 0 Å². The Morgan fingerprint density at radius 1 is 1.36 bits per heavy atom. The van der Waals surface area contributed by atoms with Gasteiger partial charge in [0, 0.05) is 12.2 Å². The molecule has 0 aliphatic carbocycles. The van der Waals surface area contributed by atoms with Crippen molar-refractivity contribution < 1.29 is 4.79 Å². The summed E-state index contributed by atoms with van der Waals surface area (Å²) in [5.41, 5.74) is 1.33. The molecule has 1 aliphatic rings. The van der Waals surface area contributed by atoms with E-state index in [4.69, 9.17) is 0 Å². The van der Waals surface area contributed by atoms with Crippen molar-refractivity contribution in [1.29, 1.82) is 0 Å². The van der Waals surface area contributed by atoms with Crippen molar-refractivity contribution in [2.24, 2.45) is 0 Å². The Morgan fingerprint density at radius 2 is 2.32 bits per heavy atom. The van der Waals surface area contributed by atoms with Crippen molar-refractivity contribution in [2.75, 3.05) is 13.1 Å². The molecule has 0 spiro atoms. The molecule has 22 heavy (non-hydrogen) atoms. The van der Waals surface area contributed by atoms with Crippen molar-refractivity contribution >= 4 is 17.6 Å². The average molecular weight is 317 g/mol. The second-order valence-corrected chi connectivity index (χ2v) is 5.94. The molecule has 2 aromatic heterocycles. The van der Waals surface area contributed by atoms with Crippen LogP contribution in [-0.2, 0) is 6.54 Å². The number of carbonyl (C=O) groups is 1. The van der Waals surface area contributed by atoms with Gasteiger partial charge in [0.2, 0.25) is 0 Å². The van der Waals surface area contributed by atoms with Crippen LogP contribution in [0.15, 0.2) is 30.6 Å². The minimum Gasteiger partial charge on any atom is -0.328 e. The van der Waals surface area contributed by atoms with E-state index in [1.54, 1.807) is 12.4 Å². The molecule has 1 atom stereocenters. The van der Waals surface area contributed by atoms with Gasteiger partial charge in [-0.05, 0) is 44.5 Å². The number of nitrogens with one attached hydrogen (secondary N) is 1. The summed E-state index contributed by atoms with van der Waals surface area (Å²) in [6.07, 6.45) is 6.34. The minimum absolute atomic E-state index is 0.0497. The van der Waals surface area contributed by atoms with E-state index < -0.39 is 0 Å². The minimum atomic E-state index is -0.0497. The Balaban J connectivity index is 1.82. The molecule has 1 N–H and O–H groups in total. The quantitative estimate of drug-likeness (QED) is 0.929. The molecule has 6 nitrogen and oxygen atoms in total. The van der Waals surface area contributed by atoms with Gasteiger partial charge in [0.25, 0.3) is 5.91 Å². The van der Waals surface area contributed by atoms with Crippen molar-refractivity contribution in [3.63, 3.8) is 0 Å². The Kier molecular flexibility index (Phi) is 5.07. The van der Waals surface area contributed by atoms with Crippen LogP contribution >= 0.6 is 11.7 Å². The largest absolute Gasteiger partial charge is 0.328 e. The van der Waals surface area contributed by atoms with Gasteiger partial charge in [0.15, 0.2) is 5.69 Å². The standard InChI is InChI=1S/C15H19N5OS/c21-15(14-10-18-22-19-14)20(11-12-4-1-2-8-17-12)13-5-3-7-16-9-6-13/h1-2,4,8,10,13,16H,3,5-7,9,11H2/t13-/m0/s1. The van der Waals surface area contributed by atoms with Crippen LogP contribution in [0.25, 0.3) is 0 Å². The first kappa shape index (κ1) is 15.1. The van der Waals surface area contributed by atoms with Crippen LogP contribution in [-0.4, -0.2) is 43.7 Å². The van der Waals surface area contributed by atoms with Gasteiger partial charge in [-0.3, -0.25) is 9.78 Å². The van der Waals surface area contributed by atoms with Crippen molar-refractivity contribution in [3.05, 3.63) is 42.0 Å². The van der Waals surface area contributed by atoms with Crippen molar-refractivity contribution in [3.8, 4) is 0 Å². The summed E-state index contributed by atoms with van der Waals surface area (Å²) in [6.45, 7) is 2.47. The Bertz CT molecular complexity index is 581. The Labute approximate surface area is 133 Å². The lowest BCUT2D eigenvalue weighted by Crippen LogP contribution is -2.40. The molecule has 0 aromatic carbocycles. The fourth-order valence-corrected chi connectivity index (χ4v) is 3.16. The molecule has 1 fully saturated rings. The fraction of sp³-hybridized carbons (Fsp3) is 0.467. The second kappa shape index (κ2) is 7.42. The normalized spacial score (nSPS) is 18.6. The summed E-state index contributed by atoms with van der Waals surface area (Å²) in [5, 5.41) is 3.39. The maximum atomic E-state index is 12.8. The van der Waals surface area contributed by atoms with Crippen LogP contribution in [0, 0.1) is 0 Å². The van der Waals surface area contributed by atoms with Crippen LogP contribution in [0.1, 0.15) is 35.4 Å². The van der Waals surface area contributed by atoms with E-state index in [2.05, 4.69) is 19.0 Å². The summed E-state index contributed by atoms with van der Waals surface area (Å²) >= 11 is 1.07. The number of rotatable bonds is 4. The zero-order chi connectivity index (χ0) is 15.2. The van der Waals surface area contributed by atoms with Crippen LogP contribution in [0.4, 0.5) is 0 Å². The lowest BCUT2D eigenvalue weighted by atomic mass is 10.1. The fourth-order valence-electron chi connectivity index (χ4n) is 2.75. The first-order valence-electron chi connectivity index (χ1n) is 7.54. The molecule has 116 valence electrons. The third-order valence-corrected chi connectivity index (χ3v) is 4.36. The van der Waals surface area contributed by atoms with Crippen LogP contribution in [0.5, 0.6) is 0 Å². The zero-order valence-corrected chi connectivity index (χ0v) is 13.1. The highest BCUT2D eigenvalue weighted by Crippen LogP contribution is 2.18. The summed E-state index contributed by atoms with van der Waals surface area (Å²) in [5.74, 6) is -0.0497. The van der Waals surface area contributed by atoms with Gasteiger partial charge in [-0.2, -0.15) is 8.75 Å². The van der Waals surface area contributed by atoms with E-state index >= 15 is 0 Å².